The summed E-state index contributed by atoms with van der Waals surface area (Å²) in [4.78, 5) is 12.2. The molecule has 7 nitrogen and oxygen atoms in total. The van der Waals surface area contributed by atoms with E-state index < -0.39 is 5.91 Å². The summed E-state index contributed by atoms with van der Waals surface area (Å²) < 4.78 is 16.7. The fourth-order valence-electron chi connectivity index (χ4n) is 2.37. The Kier molecular flexibility index (Phi) is 5.93. The van der Waals surface area contributed by atoms with Gasteiger partial charge in [-0.25, -0.2) is 0 Å². The number of anilines is 1. The summed E-state index contributed by atoms with van der Waals surface area (Å²) in [5.74, 6) is 1.08. The molecule has 0 spiro atoms. The maximum Gasteiger partial charge on any atom is 0.322 e. The first-order chi connectivity index (χ1) is 13.1. The minimum atomic E-state index is -0.394. The van der Waals surface area contributed by atoms with Crippen LogP contribution in [0.5, 0.6) is 11.5 Å². The van der Waals surface area contributed by atoms with Gasteiger partial charge in [-0.1, -0.05) is 22.8 Å². The lowest BCUT2D eigenvalue weighted by atomic mass is 10.2. The molecular formula is C19H18ClN3O4. The fraction of sp³-hybridized carbons (Fsp3) is 0.211. The number of nitrogens with one attached hydrogen (secondary N) is 1. The van der Waals surface area contributed by atoms with E-state index in [4.69, 9.17) is 25.5 Å². The Balaban J connectivity index is 1.79. The molecule has 0 fully saturated rings. The fourth-order valence-corrected chi connectivity index (χ4v) is 2.56. The lowest BCUT2D eigenvalue weighted by Gasteiger charge is -2.11. The predicted octanol–water partition coefficient (Wildman–Crippen LogP) is 4.44. The number of amides is 1. The van der Waals surface area contributed by atoms with Crippen LogP contribution in [-0.4, -0.2) is 29.3 Å². The molecule has 3 rings (SSSR count). The average molecular weight is 388 g/mol. The van der Waals surface area contributed by atoms with E-state index in [9.17, 15) is 4.79 Å². The molecule has 0 aliphatic heterocycles. The summed E-state index contributed by atoms with van der Waals surface area (Å²) in [6, 6.07) is 11.9. The standard InChI is InChI=1S/C19H18ClN3O4/c1-3-25-15-9-8-13(11-16(15)26-4-2)18-22-23-19(27-18)21-17(24)12-6-5-7-14(20)10-12/h5-11H,3-4H2,1-2H3,(H,21,23,24). The SMILES string of the molecule is CCOc1ccc(-c2nnc(NC(=O)c3cccc(Cl)c3)o2)cc1OCC. The second-order valence-electron chi connectivity index (χ2n) is 5.40. The quantitative estimate of drug-likeness (QED) is 0.645. The molecule has 0 bridgehead atoms. The first-order valence-electron chi connectivity index (χ1n) is 8.41. The monoisotopic (exact) mass is 387 g/mol. The van der Waals surface area contributed by atoms with E-state index in [2.05, 4.69) is 15.5 Å². The van der Waals surface area contributed by atoms with E-state index >= 15 is 0 Å². The highest BCUT2D eigenvalue weighted by molar-refractivity contribution is 6.31. The van der Waals surface area contributed by atoms with Crippen molar-refractivity contribution in [2.75, 3.05) is 18.5 Å². The van der Waals surface area contributed by atoms with Crippen molar-refractivity contribution in [2.24, 2.45) is 0 Å². The second-order valence-corrected chi connectivity index (χ2v) is 5.84. The van der Waals surface area contributed by atoms with Crippen LogP contribution in [0.1, 0.15) is 24.2 Å². The van der Waals surface area contributed by atoms with E-state index in [-0.39, 0.29) is 11.9 Å². The zero-order valence-corrected chi connectivity index (χ0v) is 15.6. The number of rotatable bonds is 7. The molecule has 1 N–H and O–H groups in total. The van der Waals surface area contributed by atoms with Crippen LogP contribution in [0.4, 0.5) is 6.01 Å². The topological polar surface area (TPSA) is 86.5 Å². The molecule has 3 aromatic rings. The van der Waals surface area contributed by atoms with E-state index in [1.54, 1.807) is 42.5 Å². The van der Waals surface area contributed by atoms with E-state index in [0.717, 1.165) is 0 Å². The molecule has 0 aliphatic rings. The third-order valence-electron chi connectivity index (χ3n) is 3.52. The van der Waals surface area contributed by atoms with Gasteiger partial charge in [0, 0.05) is 16.1 Å². The Morgan fingerprint density at radius 1 is 1.07 bits per heavy atom. The summed E-state index contributed by atoms with van der Waals surface area (Å²) in [6.45, 7) is 4.81. The molecule has 1 heterocycles. The Morgan fingerprint density at radius 2 is 1.85 bits per heavy atom. The largest absolute Gasteiger partial charge is 0.490 e. The van der Waals surface area contributed by atoms with Crippen molar-refractivity contribution in [3.63, 3.8) is 0 Å². The molecular weight excluding hydrogens is 370 g/mol. The first-order valence-corrected chi connectivity index (χ1v) is 8.79. The number of nitrogens with zero attached hydrogens (tertiary/aromatic N) is 2. The third kappa shape index (κ3) is 4.57. The van der Waals surface area contributed by atoms with Gasteiger partial charge < -0.3 is 13.9 Å². The van der Waals surface area contributed by atoms with Crippen molar-refractivity contribution in [3.8, 4) is 23.0 Å². The van der Waals surface area contributed by atoms with Crippen LogP contribution < -0.4 is 14.8 Å². The van der Waals surface area contributed by atoms with Gasteiger partial charge in [0.15, 0.2) is 11.5 Å². The highest BCUT2D eigenvalue weighted by atomic mass is 35.5. The molecule has 0 saturated carbocycles. The van der Waals surface area contributed by atoms with Crippen LogP contribution >= 0.6 is 11.6 Å². The van der Waals surface area contributed by atoms with Crippen LogP contribution in [-0.2, 0) is 0 Å². The highest BCUT2D eigenvalue weighted by Gasteiger charge is 2.15. The number of halogens is 1. The van der Waals surface area contributed by atoms with Gasteiger partial charge in [0.25, 0.3) is 5.91 Å². The van der Waals surface area contributed by atoms with Gasteiger partial charge >= 0.3 is 6.01 Å². The van der Waals surface area contributed by atoms with Crippen LogP contribution in [0.3, 0.4) is 0 Å². The van der Waals surface area contributed by atoms with Crippen molar-refractivity contribution < 1.29 is 18.7 Å². The lowest BCUT2D eigenvalue weighted by molar-refractivity contribution is 0.102. The molecule has 0 unspecified atom stereocenters. The van der Waals surface area contributed by atoms with Gasteiger partial charge in [-0.2, -0.15) is 0 Å². The van der Waals surface area contributed by atoms with Crippen LogP contribution in [0.2, 0.25) is 5.02 Å². The van der Waals surface area contributed by atoms with Crippen molar-refractivity contribution >= 4 is 23.5 Å². The number of aromatic nitrogens is 2. The maximum atomic E-state index is 12.2. The van der Waals surface area contributed by atoms with E-state index in [0.29, 0.717) is 40.9 Å². The van der Waals surface area contributed by atoms with Crippen molar-refractivity contribution in [1.82, 2.24) is 10.2 Å². The summed E-state index contributed by atoms with van der Waals surface area (Å²) in [7, 11) is 0. The van der Waals surface area contributed by atoms with Crippen LogP contribution in [0.25, 0.3) is 11.5 Å². The Morgan fingerprint density at radius 3 is 2.59 bits per heavy atom. The molecule has 0 aliphatic carbocycles. The van der Waals surface area contributed by atoms with Gasteiger partial charge in [-0.15, -0.1) is 5.10 Å². The van der Waals surface area contributed by atoms with Crippen molar-refractivity contribution in [3.05, 3.63) is 53.1 Å². The number of hydrogen-bond donors (Lipinski definition) is 1. The molecule has 8 heteroatoms. The van der Waals surface area contributed by atoms with Crippen molar-refractivity contribution in [2.45, 2.75) is 13.8 Å². The van der Waals surface area contributed by atoms with Gasteiger partial charge in [-0.05, 0) is 50.2 Å². The van der Waals surface area contributed by atoms with Gasteiger partial charge in [0.05, 0.1) is 13.2 Å². The lowest BCUT2D eigenvalue weighted by Crippen LogP contribution is -2.11. The molecule has 0 atom stereocenters. The summed E-state index contributed by atoms with van der Waals surface area (Å²) in [6.07, 6.45) is 0. The van der Waals surface area contributed by atoms with Gasteiger partial charge in [-0.3, -0.25) is 10.1 Å². The molecule has 0 radical (unpaired) electrons. The zero-order valence-electron chi connectivity index (χ0n) is 14.9. The van der Waals surface area contributed by atoms with Crippen molar-refractivity contribution in [1.29, 1.82) is 0 Å². The zero-order chi connectivity index (χ0) is 19.2. The number of carbonyl (C=O) groups is 1. The molecule has 1 amide bonds. The number of carbonyl (C=O) groups excluding carboxylic acids is 1. The Bertz CT molecular complexity index is 942. The minimum Gasteiger partial charge on any atom is -0.490 e. The molecule has 2 aromatic carbocycles. The second kappa shape index (κ2) is 8.55. The predicted molar refractivity (Wildman–Crippen MR) is 101 cm³/mol. The van der Waals surface area contributed by atoms with Gasteiger partial charge in [0.2, 0.25) is 5.89 Å². The smallest absolute Gasteiger partial charge is 0.322 e. The highest BCUT2D eigenvalue weighted by Crippen LogP contribution is 2.32. The van der Waals surface area contributed by atoms with E-state index in [1.165, 1.54) is 0 Å². The molecule has 1 aromatic heterocycles. The molecule has 140 valence electrons. The van der Waals surface area contributed by atoms with Gasteiger partial charge in [0.1, 0.15) is 0 Å². The first kappa shape index (κ1) is 18.7. The van der Waals surface area contributed by atoms with E-state index in [1.807, 2.05) is 13.8 Å². The number of ether oxygens (including phenoxy) is 2. The minimum absolute atomic E-state index is 0.0122. The Hall–Kier alpha value is -3.06. The third-order valence-corrected chi connectivity index (χ3v) is 3.76. The average Bonchev–Trinajstić information content (AvgIpc) is 3.12. The number of hydrogen-bond acceptors (Lipinski definition) is 6. The molecule has 0 saturated heterocycles. The normalized spacial score (nSPS) is 10.5. The van der Waals surface area contributed by atoms with Crippen LogP contribution in [0.15, 0.2) is 46.9 Å². The number of benzene rings is 2. The maximum absolute atomic E-state index is 12.2. The molecule has 27 heavy (non-hydrogen) atoms. The summed E-state index contributed by atoms with van der Waals surface area (Å²) in [5, 5.41) is 10.9. The van der Waals surface area contributed by atoms with Crippen LogP contribution in [0, 0.1) is 0 Å². The summed E-state index contributed by atoms with van der Waals surface area (Å²) >= 11 is 5.90. The Labute approximate surface area is 161 Å². The summed E-state index contributed by atoms with van der Waals surface area (Å²) in [5.41, 5.74) is 1.04.